The summed E-state index contributed by atoms with van der Waals surface area (Å²) < 4.78 is 5.22. The molecule has 2 aromatic carbocycles. The monoisotopic (exact) mass is 497 g/mol. The third-order valence-corrected chi connectivity index (χ3v) is 6.90. The van der Waals surface area contributed by atoms with Crippen molar-refractivity contribution in [3.8, 4) is 11.4 Å². The van der Waals surface area contributed by atoms with Gasteiger partial charge in [-0.05, 0) is 58.4 Å². The number of aromatic amines is 1. The molecule has 2 amide bonds. The molecule has 12 heteroatoms. The zero-order chi connectivity index (χ0) is 24.5. The van der Waals surface area contributed by atoms with E-state index in [9.17, 15) is 9.59 Å². The number of rotatable bonds is 6. The van der Waals surface area contributed by atoms with E-state index in [0.717, 1.165) is 45.2 Å². The van der Waals surface area contributed by atoms with E-state index in [1.54, 1.807) is 0 Å². The van der Waals surface area contributed by atoms with Gasteiger partial charge in [0, 0.05) is 29.8 Å². The van der Waals surface area contributed by atoms with Crippen LogP contribution in [-0.4, -0.2) is 46.8 Å². The molecule has 1 aliphatic carbocycles. The Bertz CT molecular complexity index is 1580. The second kappa shape index (κ2) is 9.23. The number of aromatic nitrogens is 7. The average molecular weight is 498 g/mol. The van der Waals surface area contributed by atoms with Gasteiger partial charge in [-0.2, -0.15) is 9.59 Å². The first-order valence-electron chi connectivity index (χ1n) is 11.2. The van der Waals surface area contributed by atoms with Gasteiger partial charge in [-0.15, -0.1) is 10.2 Å². The Balaban J connectivity index is 1.11. The van der Waals surface area contributed by atoms with Crippen LogP contribution in [0.3, 0.4) is 0 Å². The van der Waals surface area contributed by atoms with Crippen molar-refractivity contribution in [2.75, 3.05) is 0 Å². The Hall–Kier alpha value is -4.58. The zero-order valence-corrected chi connectivity index (χ0v) is 19.6. The van der Waals surface area contributed by atoms with E-state index < -0.39 is 0 Å². The van der Waals surface area contributed by atoms with E-state index in [1.165, 1.54) is 23.9 Å². The summed E-state index contributed by atoms with van der Waals surface area (Å²) in [5.41, 5.74) is 4.26. The van der Waals surface area contributed by atoms with Crippen molar-refractivity contribution >= 4 is 33.4 Å². The first-order chi connectivity index (χ1) is 17.6. The molecule has 3 N–H and O–H groups in total. The van der Waals surface area contributed by atoms with E-state index in [2.05, 4.69) is 45.6 Å². The van der Waals surface area contributed by atoms with Gasteiger partial charge in [0.15, 0.2) is 0 Å². The third kappa shape index (κ3) is 4.29. The predicted molar refractivity (Wildman–Crippen MR) is 131 cm³/mol. The Kier molecular flexibility index (Phi) is 5.62. The summed E-state index contributed by atoms with van der Waals surface area (Å²) in [6.07, 6.45) is 4.62. The van der Waals surface area contributed by atoms with Crippen LogP contribution < -0.4 is 10.6 Å². The van der Waals surface area contributed by atoms with Crippen molar-refractivity contribution < 1.29 is 9.59 Å². The summed E-state index contributed by atoms with van der Waals surface area (Å²) in [6, 6.07) is 13.1. The number of hydrogen-bond acceptors (Lipinski definition) is 9. The van der Waals surface area contributed by atoms with Crippen molar-refractivity contribution in [1.82, 2.24) is 45.6 Å². The molecule has 3 heterocycles. The standard InChI is InChI=1S/C24H19N9O2S/c34-23(25-10-13-1-2-16-11-28-36-21(16)7-13)19-9-20(27-12-26-19)24(35)29-18-6-4-14-8-15(3-5-17(14)18)22-30-32-33-31-22/h1-3,5,7-9,11-12,18H,4,6,10H2,(H,25,34)(H,29,35)(H,30,31,32,33)/t18-/m0/s1. The van der Waals surface area contributed by atoms with Crippen molar-refractivity contribution in [1.29, 1.82) is 0 Å². The number of nitrogens with zero attached hydrogens (tertiary/aromatic N) is 6. The molecular weight excluding hydrogens is 478 g/mol. The number of benzene rings is 2. The number of fused-ring (bicyclic) bond motifs is 2. The third-order valence-electron chi connectivity index (χ3n) is 6.14. The Morgan fingerprint density at radius 2 is 1.94 bits per heavy atom. The second-order valence-electron chi connectivity index (χ2n) is 8.38. The molecule has 0 spiro atoms. The van der Waals surface area contributed by atoms with E-state index in [-0.39, 0.29) is 29.2 Å². The van der Waals surface area contributed by atoms with E-state index in [1.807, 2.05) is 42.6 Å². The predicted octanol–water partition coefficient (Wildman–Crippen LogP) is 2.61. The first kappa shape index (κ1) is 21.9. The Morgan fingerprint density at radius 1 is 1.06 bits per heavy atom. The minimum Gasteiger partial charge on any atom is -0.347 e. The number of tetrazole rings is 1. The first-order valence-corrected chi connectivity index (χ1v) is 12.0. The lowest BCUT2D eigenvalue weighted by molar-refractivity contribution is 0.0931. The molecule has 178 valence electrons. The van der Waals surface area contributed by atoms with Crippen molar-refractivity contribution in [2.45, 2.75) is 25.4 Å². The molecule has 0 aliphatic heterocycles. The fourth-order valence-corrected chi connectivity index (χ4v) is 5.03. The minimum absolute atomic E-state index is 0.130. The lowest BCUT2D eigenvalue weighted by Crippen LogP contribution is -2.29. The van der Waals surface area contributed by atoms with Crippen molar-refractivity contribution in [2.24, 2.45) is 0 Å². The SMILES string of the molecule is O=C(NCc1ccc2cnsc2c1)c1cc(C(=O)N[C@H]2CCc3cc(-c4nn[nH]n4)ccc32)ncn1. The molecular formula is C24H19N9O2S. The Morgan fingerprint density at radius 3 is 2.81 bits per heavy atom. The summed E-state index contributed by atoms with van der Waals surface area (Å²) in [5, 5.41) is 21.0. The summed E-state index contributed by atoms with van der Waals surface area (Å²) in [6.45, 7) is 0.336. The van der Waals surface area contributed by atoms with Gasteiger partial charge < -0.3 is 10.6 Å². The number of H-pyrrole nitrogens is 1. The fraction of sp³-hybridized carbons (Fsp3) is 0.167. The van der Waals surface area contributed by atoms with Gasteiger partial charge in [-0.3, -0.25) is 9.59 Å². The minimum atomic E-state index is -0.379. The summed E-state index contributed by atoms with van der Waals surface area (Å²) >= 11 is 1.41. The molecule has 0 radical (unpaired) electrons. The highest BCUT2D eigenvalue weighted by Crippen LogP contribution is 2.33. The summed E-state index contributed by atoms with van der Waals surface area (Å²) in [4.78, 5) is 33.8. The largest absolute Gasteiger partial charge is 0.347 e. The number of nitrogens with one attached hydrogen (secondary N) is 3. The molecule has 0 saturated heterocycles. The van der Waals surface area contributed by atoms with Crippen LogP contribution >= 0.6 is 11.5 Å². The van der Waals surface area contributed by atoms with Gasteiger partial charge in [0.2, 0.25) is 5.82 Å². The van der Waals surface area contributed by atoms with Crippen LogP contribution in [0.25, 0.3) is 21.5 Å². The number of aryl methyl sites for hydroxylation is 1. The highest BCUT2D eigenvalue weighted by atomic mass is 32.1. The topological polar surface area (TPSA) is 151 Å². The normalized spacial score (nSPS) is 14.5. The molecule has 11 nitrogen and oxygen atoms in total. The molecule has 1 atom stereocenters. The molecule has 0 fully saturated rings. The zero-order valence-electron chi connectivity index (χ0n) is 18.8. The fourth-order valence-electron chi connectivity index (χ4n) is 4.32. The number of amides is 2. The lowest BCUT2D eigenvalue weighted by atomic mass is 10.0. The maximum atomic E-state index is 12.9. The van der Waals surface area contributed by atoms with E-state index in [0.29, 0.717) is 12.4 Å². The molecule has 6 rings (SSSR count). The number of carbonyl (C=O) groups is 2. The molecule has 0 bridgehead atoms. The smallest absolute Gasteiger partial charge is 0.270 e. The molecule has 3 aromatic heterocycles. The van der Waals surface area contributed by atoms with Gasteiger partial charge in [-0.1, -0.05) is 24.3 Å². The quantitative estimate of drug-likeness (QED) is 0.324. The summed E-state index contributed by atoms with van der Waals surface area (Å²) in [7, 11) is 0. The highest BCUT2D eigenvalue weighted by Gasteiger charge is 2.26. The van der Waals surface area contributed by atoms with Crippen molar-refractivity contribution in [3.63, 3.8) is 0 Å². The van der Waals surface area contributed by atoms with Crippen LogP contribution in [-0.2, 0) is 13.0 Å². The van der Waals surface area contributed by atoms with Gasteiger partial charge in [0.1, 0.15) is 17.7 Å². The van der Waals surface area contributed by atoms with Crippen LogP contribution in [0, 0.1) is 0 Å². The lowest BCUT2D eigenvalue weighted by Gasteiger charge is -2.14. The van der Waals surface area contributed by atoms with Crippen LogP contribution in [0.5, 0.6) is 0 Å². The molecule has 36 heavy (non-hydrogen) atoms. The number of carbonyl (C=O) groups excluding carboxylic acids is 2. The van der Waals surface area contributed by atoms with Crippen LogP contribution in [0.4, 0.5) is 0 Å². The van der Waals surface area contributed by atoms with Crippen molar-refractivity contribution in [3.05, 3.63) is 83.1 Å². The average Bonchev–Trinajstić information content (AvgIpc) is 3.68. The van der Waals surface area contributed by atoms with Gasteiger partial charge >= 0.3 is 0 Å². The summed E-state index contributed by atoms with van der Waals surface area (Å²) in [5.74, 6) is -0.209. The van der Waals surface area contributed by atoms with Crippen LogP contribution in [0.1, 0.15) is 50.1 Å². The second-order valence-corrected chi connectivity index (χ2v) is 9.22. The Labute approximate surface area is 208 Å². The van der Waals surface area contributed by atoms with E-state index in [4.69, 9.17) is 0 Å². The van der Waals surface area contributed by atoms with Gasteiger partial charge in [0.25, 0.3) is 11.8 Å². The molecule has 0 unspecified atom stereocenters. The van der Waals surface area contributed by atoms with Gasteiger partial charge in [-0.25, -0.2) is 9.97 Å². The van der Waals surface area contributed by atoms with Crippen LogP contribution in [0.15, 0.2) is 55.0 Å². The molecule has 0 saturated carbocycles. The maximum Gasteiger partial charge on any atom is 0.270 e. The molecule has 1 aliphatic rings. The van der Waals surface area contributed by atoms with Gasteiger partial charge in [0.05, 0.1) is 10.7 Å². The highest BCUT2D eigenvalue weighted by molar-refractivity contribution is 7.13. The maximum absolute atomic E-state index is 12.9. The van der Waals surface area contributed by atoms with Crippen LogP contribution in [0.2, 0.25) is 0 Å². The van der Waals surface area contributed by atoms with E-state index >= 15 is 0 Å². The number of hydrogen-bond donors (Lipinski definition) is 3. The molecule has 5 aromatic rings.